The molecule has 0 fully saturated rings. The number of aliphatic hydroxyl groups excluding tert-OH is 1. The van der Waals surface area contributed by atoms with Gasteiger partial charge in [0.2, 0.25) is 10.2 Å². The highest BCUT2D eigenvalue weighted by Crippen LogP contribution is 2.28. The number of carbonyl (C=O) groups excluding carboxylic acids is 2. The summed E-state index contributed by atoms with van der Waals surface area (Å²) >= 11 is 0.909. The van der Waals surface area contributed by atoms with Crippen LogP contribution >= 0.6 is 11.3 Å². The summed E-state index contributed by atoms with van der Waals surface area (Å²) in [5.74, 6) is -0.839. The van der Waals surface area contributed by atoms with E-state index in [0.29, 0.717) is 33.0 Å². The Bertz CT molecular complexity index is 2040. The van der Waals surface area contributed by atoms with Crippen molar-refractivity contribution in [3.05, 3.63) is 95.6 Å². The van der Waals surface area contributed by atoms with Crippen molar-refractivity contribution in [1.29, 1.82) is 0 Å². The zero-order valence-electron chi connectivity index (χ0n) is 26.6. The number of amides is 1. The third-order valence-corrected chi connectivity index (χ3v) is 9.44. The molecule has 5 rings (SSSR count). The summed E-state index contributed by atoms with van der Waals surface area (Å²) in [7, 11) is -2.76. The molecular weight excluding hydrogens is 696 g/mol. The largest absolute Gasteiger partial charge is 0.491 e. The second-order valence-corrected chi connectivity index (χ2v) is 13.6. The van der Waals surface area contributed by atoms with Crippen molar-refractivity contribution in [3.63, 3.8) is 0 Å². The fraction of sp³-hybridized carbons (Fsp3) is 0.281. The van der Waals surface area contributed by atoms with E-state index in [1.165, 1.54) is 42.3 Å². The number of esters is 1. The molecular formula is C32H33FN6O9S2. The predicted molar refractivity (Wildman–Crippen MR) is 177 cm³/mol. The molecule has 0 saturated heterocycles. The molecule has 0 aliphatic rings. The van der Waals surface area contributed by atoms with Gasteiger partial charge >= 0.3 is 5.97 Å². The van der Waals surface area contributed by atoms with Crippen molar-refractivity contribution in [2.75, 3.05) is 26.9 Å². The van der Waals surface area contributed by atoms with Crippen LogP contribution in [0.4, 0.5) is 4.39 Å². The lowest BCUT2D eigenvalue weighted by atomic mass is 10.0. The maximum atomic E-state index is 13.7. The Kier molecular flexibility index (Phi) is 12.0. The lowest BCUT2D eigenvalue weighted by Crippen LogP contribution is -2.47. The summed E-state index contributed by atoms with van der Waals surface area (Å²) in [4.78, 5) is 30.4. The summed E-state index contributed by atoms with van der Waals surface area (Å²) in [6.07, 6.45) is 1.58. The van der Waals surface area contributed by atoms with Crippen LogP contribution in [0, 0.1) is 5.82 Å². The first kappa shape index (κ1) is 36.3. The summed E-state index contributed by atoms with van der Waals surface area (Å²) < 4.78 is 60.6. The average molecular weight is 729 g/mol. The standard InChI is InChI=1S/C32H33FN6O9S2/c1-45-31(42)27(19-46-17-21-3-2-4-24(13-21)47-12-11-40)35-30(41)28(14-20-5-7-22(33)8-6-20)39-16-23(37-38-39)18-48-25-9-10-26-29(15-25)49-32(36-26)50(34,43)44/h2-10,13,15-16,27-28,40H,11-12,14,17-19H2,1H3,(H,35,41)(H2,34,43,44). The Morgan fingerprint density at radius 3 is 2.56 bits per heavy atom. The highest BCUT2D eigenvalue weighted by Gasteiger charge is 2.29. The van der Waals surface area contributed by atoms with Crippen LogP contribution in [-0.2, 0) is 48.7 Å². The molecule has 50 heavy (non-hydrogen) atoms. The number of nitrogens with two attached hydrogens (primary N) is 1. The van der Waals surface area contributed by atoms with Crippen molar-refractivity contribution in [2.45, 2.75) is 36.1 Å². The summed E-state index contributed by atoms with van der Waals surface area (Å²) in [5.41, 5.74) is 2.16. The van der Waals surface area contributed by atoms with Gasteiger partial charge in [0.05, 0.1) is 43.3 Å². The topological polar surface area (TPSA) is 207 Å². The lowest BCUT2D eigenvalue weighted by Gasteiger charge is -2.21. The highest BCUT2D eigenvalue weighted by molar-refractivity contribution is 7.91. The van der Waals surface area contributed by atoms with Gasteiger partial charge in [-0.15, -0.1) is 16.4 Å². The molecule has 0 spiro atoms. The number of benzene rings is 3. The number of halogens is 1. The van der Waals surface area contributed by atoms with Gasteiger partial charge in [-0.25, -0.2) is 32.4 Å². The van der Waals surface area contributed by atoms with Crippen LogP contribution in [0.15, 0.2) is 77.3 Å². The number of nitrogens with zero attached hydrogens (tertiary/aromatic N) is 4. The molecule has 2 atom stereocenters. The number of aromatic nitrogens is 4. The average Bonchev–Trinajstić information content (AvgIpc) is 3.76. The number of carbonyl (C=O) groups is 2. The van der Waals surface area contributed by atoms with Gasteiger partial charge in [-0.1, -0.05) is 29.5 Å². The van der Waals surface area contributed by atoms with Crippen LogP contribution in [0.1, 0.15) is 22.9 Å². The Morgan fingerprint density at radius 1 is 1.04 bits per heavy atom. The molecule has 2 unspecified atom stereocenters. The number of hydrogen-bond donors (Lipinski definition) is 3. The number of nitrogens with one attached hydrogen (secondary N) is 1. The maximum Gasteiger partial charge on any atom is 0.330 e. The van der Waals surface area contributed by atoms with E-state index in [2.05, 4.69) is 20.6 Å². The van der Waals surface area contributed by atoms with E-state index in [4.69, 9.17) is 29.2 Å². The summed E-state index contributed by atoms with van der Waals surface area (Å²) in [6, 6.07) is 15.2. The maximum absolute atomic E-state index is 13.7. The van der Waals surface area contributed by atoms with Crippen LogP contribution < -0.4 is 19.9 Å². The number of primary sulfonamides is 1. The Balaban J connectivity index is 1.28. The fourth-order valence-electron chi connectivity index (χ4n) is 4.70. The number of sulfonamides is 1. The second-order valence-electron chi connectivity index (χ2n) is 10.8. The number of fused-ring (bicyclic) bond motifs is 1. The Morgan fingerprint density at radius 2 is 1.82 bits per heavy atom. The summed E-state index contributed by atoms with van der Waals surface area (Å²) in [5, 5.41) is 25.1. The van der Waals surface area contributed by atoms with Crippen LogP contribution in [0.3, 0.4) is 0 Å². The molecule has 2 heterocycles. The Labute approximate surface area is 289 Å². The van der Waals surface area contributed by atoms with Gasteiger partial charge in [-0.2, -0.15) is 0 Å². The quantitative estimate of drug-likeness (QED) is 0.118. The van der Waals surface area contributed by atoms with E-state index in [0.717, 1.165) is 16.9 Å². The minimum Gasteiger partial charge on any atom is -0.491 e. The number of aliphatic hydroxyl groups is 1. The smallest absolute Gasteiger partial charge is 0.330 e. The zero-order valence-corrected chi connectivity index (χ0v) is 28.2. The van der Waals surface area contributed by atoms with Crippen LogP contribution in [0.2, 0.25) is 0 Å². The Hall–Kier alpha value is -5.01. The number of ether oxygens (including phenoxy) is 4. The molecule has 4 N–H and O–H groups in total. The molecule has 0 aliphatic carbocycles. The van der Waals surface area contributed by atoms with E-state index in [9.17, 15) is 22.4 Å². The van der Waals surface area contributed by atoms with Crippen LogP contribution in [0.5, 0.6) is 11.5 Å². The molecule has 264 valence electrons. The molecule has 1 amide bonds. The van der Waals surface area contributed by atoms with Gasteiger partial charge < -0.3 is 29.4 Å². The predicted octanol–water partition coefficient (Wildman–Crippen LogP) is 2.28. The molecule has 5 aromatic rings. The van der Waals surface area contributed by atoms with Crippen LogP contribution in [-0.4, -0.2) is 78.4 Å². The molecule has 0 aliphatic heterocycles. The molecule has 18 heteroatoms. The molecule has 0 bridgehead atoms. The minimum atomic E-state index is -3.95. The van der Waals surface area contributed by atoms with Gasteiger partial charge in [0.15, 0.2) is 6.04 Å². The van der Waals surface area contributed by atoms with Gasteiger partial charge in [0.25, 0.3) is 10.0 Å². The van der Waals surface area contributed by atoms with E-state index >= 15 is 0 Å². The molecule has 15 nitrogen and oxygen atoms in total. The third-order valence-electron chi connectivity index (χ3n) is 7.11. The van der Waals surface area contributed by atoms with Gasteiger partial charge in [0.1, 0.15) is 42.3 Å². The van der Waals surface area contributed by atoms with Crippen molar-refractivity contribution >= 4 is 43.5 Å². The van der Waals surface area contributed by atoms with Crippen molar-refractivity contribution in [3.8, 4) is 11.5 Å². The van der Waals surface area contributed by atoms with E-state index in [-0.39, 0.29) is 43.8 Å². The fourth-order valence-corrected chi connectivity index (χ4v) is 6.38. The minimum absolute atomic E-state index is 0.0535. The van der Waals surface area contributed by atoms with E-state index in [1.54, 1.807) is 42.5 Å². The first-order valence-electron chi connectivity index (χ1n) is 15.0. The van der Waals surface area contributed by atoms with E-state index in [1.807, 2.05) is 0 Å². The second kappa shape index (κ2) is 16.6. The van der Waals surface area contributed by atoms with Gasteiger partial charge in [0, 0.05) is 6.42 Å². The van der Waals surface area contributed by atoms with Crippen molar-refractivity contribution in [1.82, 2.24) is 25.3 Å². The summed E-state index contributed by atoms with van der Waals surface area (Å²) in [6.45, 7) is -0.180. The monoisotopic (exact) mass is 728 g/mol. The van der Waals surface area contributed by atoms with Gasteiger partial charge in [-0.05, 0) is 53.6 Å². The number of thiazole rings is 1. The zero-order chi connectivity index (χ0) is 35.7. The first-order chi connectivity index (χ1) is 24.0. The number of methoxy groups -OCH3 is 1. The third kappa shape index (κ3) is 9.79. The molecule has 0 radical (unpaired) electrons. The highest BCUT2D eigenvalue weighted by atomic mass is 32.2. The van der Waals surface area contributed by atoms with E-state index < -0.39 is 39.8 Å². The normalized spacial score (nSPS) is 12.7. The van der Waals surface area contributed by atoms with Crippen LogP contribution in [0.25, 0.3) is 10.2 Å². The first-order valence-corrected chi connectivity index (χ1v) is 17.4. The number of hydrogen-bond acceptors (Lipinski definition) is 13. The molecule has 2 aromatic heterocycles. The number of rotatable bonds is 17. The van der Waals surface area contributed by atoms with Crippen molar-refractivity contribution in [2.24, 2.45) is 5.14 Å². The molecule has 3 aromatic carbocycles. The van der Waals surface area contributed by atoms with Gasteiger partial charge in [-0.3, -0.25) is 4.79 Å². The SMILES string of the molecule is COC(=O)C(COCc1cccc(OCCO)c1)NC(=O)C(Cc1ccc(F)cc1)n1cc(COc2ccc3nc(S(N)(=O)=O)sc3c2)nn1. The lowest BCUT2D eigenvalue weighted by molar-refractivity contribution is -0.147. The molecule has 0 saturated carbocycles. The van der Waals surface area contributed by atoms with Crippen molar-refractivity contribution < 1.29 is 46.5 Å².